The number of ether oxygens (including phenoxy) is 1. The molecule has 4 rings (SSSR count). The van der Waals surface area contributed by atoms with Gasteiger partial charge >= 0.3 is 0 Å². The van der Waals surface area contributed by atoms with E-state index < -0.39 is 15.9 Å². The first kappa shape index (κ1) is 19.1. The number of nitrogens with zero attached hydrogens (tertiary/aromatic N) is 2. The highest BCUT2D eigenvalue weighted by Gasteiger charge is 2.24. The molecule has 1 aliphatic heterocycles. The lowest BCUT2D eigenvalue weighted by Crippen LogP contribution is -2.43. The summed E-state index contributed by atoms with van der Waals surface area (Å²) in [6.45, 7) is 1.49. The number of para-hydroxylation sites is 1. The molecule has 1 saturated heterocycles. The molecule has 1 aromatic carbocycles. The molecule has 10 heteroatoms. The van der Waals surface area contributed by atoms with Gasteiger partial charge in [-0.3, -0.25) is 4.79 Å². The Bertz CT molecular complexity index is 1050. The maximum absolute atomic E-state index is 12.3. The fraction of sp³-hybridized carbons (Fsp3) is 0.333. The first-order valence-corrected chi connectivity index (χ1v) is 11.2. The number of nitrogens with one attached hydrogen (secondary N) is 1. The number of furan rings is 1. The molecule has 0 atom stereocenters. The first-order valence-electron chi connectivity index (χ1n) is 8.82. The molecular formula is C18H19N3O5S2. The van der Waals surface area contributed by atoms with Crippen LogP contribution >= 0.6 is 11.3 Å². The van der Waals surface area contributed by atoms with Crippen molar-refractivity contribution in [2.75, 3.05) is 38.6 Å². The highest BCUT2D eigenvalue weighted by atomic mass is 32.2. The van der Waals surface area contributed by atoms with E-state index in [1.165, 1.54) is 15.6 Å². The largest absolute Gasteiger partial charge is 0.448 e. The average molecular weight is 422 g/mol. The van der Waals surface area contributed by atoms with Gasteiger partial charge in [0.05, 0.1) is 29.2 Å². The molecule has 0 saturated carbocycles. The molecule has 1 amide bonds. The van der Waals surface area contributed by atoms with Crippen molar-refractivity contribution >= 4 is 37.5 Å². The van der Waals surface area contributed by atoms with Gasteiger partial charge in [-0.2, -0.15) is 4.31 Å². The van der Waals surface area contributed by atoms with Crippen LogP contribution in [0.5, 0.6) is 0 Å². The van der Waals surface area contributed by atoms with Crippen molar-refractivity contribution in [2.45, 2.75) is 0 Å². The van der Waals surface area contributed by atoms with Crippen LogP contribution in [0.4, 0.5) is 0 Å². The molecule has 0 aliphatic carbocycles. The fourth-order valence-corrected chi connectivity index (χ4v) is 5.14. The van der Waals surface area contributed by atoms with Crippen LogP contribution in [0.3, 0.4) is 0 Å². The summed E-state index contributed by atoms with van der Waals surface area (Å²) in [6, 6.07) is 11.0. The van der Waals surface area contributed by atoms with Crippen molar-refractivity contribution < 1.29 is 22.4 Å². The van der Waals surface area contributed by atoms with Crippen LogP contribution in [0.2, 0.25) is 0 Å². The minimum Gasteiger partial charge on any atom is -0.448 e. The third-order valence-electron chi connectivity index (χ3n) is 4.34. The van der Waals surface area contributed by atoms with Crippen LogP contribution in [0.1, 0.15) is 10.6 Å². The van der Waals surface area contributed by atoms with Gasteiger partial charge < -0.3 is 14.5 Å². The summed E-state index contributed by atoms with van der Waals surface area (Å²) in [5.74, 6) is 0.0133. The number of carbonyl (C=O) groups is 1. The summed E-state index contributed by atoms with van der Waals surface area (Å²) >= 11 is 1.48. The normalized spacial score (nSPS) is 15.7. The number of morpholine rings is 1. The predicted octanol–water partition coefficient (Wildman–Crippen LogP) is 1.95. The van der Waals surface area contributed by atoms with Gasteiger partial charge in [-0.25, -0.2) is 13.4 Å². The number of rotatable bonds is 6. The molecule has 1 N–H and O–H groups in total. The van der Waals surface area contributed by atoms with Gasteiger partial charge in [-0.15, -0.1) is 11.3 Å². The van der Waals surface area contributed by atoms with E-state index in [4.69, 9.17) is 9.15 Å². The number of benzene rings is 1. The summed E-state index contributed by atoms with van der Waals surface area (Å²) in [5.41, 5.74) is 0.873. The molecule has 1 aliphatic rings. The zero-order valence-corrected chi connectivity index (χ0v) is 16.6. The van der Waals surface area contributed by atoms with E-state index in [2.05, 4.69) is 10.3 Å². The van der Waals surface area contributed by atoms with Crippen molar-refractivity contribution in [1.29, 1.82) is 0 Å². The smallest absolute Gasteiger partial charge is 0.287 e. The van der Waals surface area contributed by atoms with E-state index in [0.717, 1.165) is 10.2 Å². The van der Waals surface area contributed by atoms with Gasteiger partial charge in [0.2, 0.25) is 10.0 Å². The lowest BCUT2D eigenvalue weighted by molar-refractivity contribution is 0.0730. The number of thiazole rings is 1. The fourth-order valence-electron chi connectivity index (χ4n) is 2.89. The molecule has 2 aromatic heterocycles. The number of carbonyl (C=O) groups excluding carboxylic acids is 1. The second-order valence-corrected chi connectivity index (χ2v) is 9.35. The Morgan fingerprint density at radius 3 is 2.75 bits per heavy atom. The zero-order valence-electron chi connectivity index (χ0n) is 15.0. The molecule has 3 heterocycles. The quantitative estimate of drug-likeness (QED) is 0.653. The van der Waals surface area contributed by atoms with Crippen molar-refractivity contribution in [3.05, 3.63) is 42.2 Å². The number of amides is 1. The molecule has 3 aromatic rings. The third-order valence-corrected chi connectivity index (χ3v) is 7.27. The summed E-state index contributed by atoms with van der Waals surface area (Å²) < 4.78 is 37.7. The van der Waals surface area contributed by atoms with Crippen LogP contribution in [0, 0.1) is 0 Å². The van der Waals surface area contributed by atoms with Crippen LogP contribution in [0.25, 0.3) is 21.0 Å². The minimum atomic E-state index is -3.41. The average Bonchev–Trinajstić information content (AvgIpc) is 3.35. The predicted molar refractivity (Wildman–Crippen MR) is 106 cm³/mol. The summed E-state index contributed by atoms with van der Waals surface area (Å²) in [7, 11) is -3.41. The molecule has 148 valence electrons. The number of fused-ring (bicyclic) bond motifs is 1. The Hall–Kier alpha value is -2.27. The Balaban J connectivity index is 1.36. The summed E-state index contributed by atoms with van der Waals surface area (Å²) in [5, 5.41) is 3.29. The molecule has 0 unspecified atom stereocenters. The van der Waals surface area contributed by atoms with Crippen LogP contribution in [0.15, 0.2) is 40.8 Å². The van der Waals surface area contributed by atoms with Crippen molar-refractivity contribution in [2.24, 2.45) is 0 Å². The Labute approximate surface area is 166 Å². The highest BCUT2D eigenvalue weighted by Crippen LogP contribution is 2.31. The maximum Gasteiger partial charge on any atom is 0.287 e. The zero-order chi connectivity index (χ0) is 19.6. The number of aromatic nitrogens is 1. The summed E-state index contributed by atoms with van der Waals surface area (Å²) in [6.07, 6.45) is 0. The van der Waals surface area contributed by atoms with Gasteiger partial charge in [-0.05, 0) is 24.3 Å². The van der Waals surface area contributed by atoms with E-state index in [9.17, 15) is 13.2 Å². The van der Waals surface area contributed by atoms with E-state index in [-0.39, 0.29) is 18.1 Å². The van der Waals surface area contributed by atoms with E-state index in [0.29, 0.717) is 37.1 Å². The van der Waals surface area contributed by atoms with Gasteiger partial charge in [-0.1, -0.05) is 12.1 Å². The molecule has 8 nitrogen and oxygen atoms in total. The molecule has 28 heavy (non-hydrogen) atoms. The Morgan fingerprint density at radius 2 is 1.96 bits per heavy atom. The first-order chi connectivity index (χ1) is 13.5. The van der Waals surface area contributed by atoms with Crippen molar-refractivity contribution in [1.82, 2.24) is 14.6 Å². The Morgan fingerprint density at radius 1 is 1.18 bits per heavy atom. The lowest BCUT2D eigenvalue weighted by atomic mass is 10.3. The molecule has 0 bridgehead atoms. The van der Waals surface area contributed by atoms with Gasteiger partial charge in [0, 0.05) is 19.6 Å². The molecule has 0 radical (unpaired) electrons. The highest BCUT2D eigenvalue weighted by molar-refractivity contribution is 7.89. The molecule has 0 spiro atoms. The van der Waals surface area contributed by atoms with Gasteiger partial charge in [0.1, 0.15) is 0 Å². The van der Waals surface area contributed by atoms with E-state index in [1.54, 1.807) is 12.1 Å². The Kier molecular flexibility index (Phi) is 5.44. The van der Waals surface area contributed by atoms with E-state index >= 15 is 0 Å². The maximum atomic E-state index is 12.3. The number of hydrogen-bond donors (Lipinski definition) is 1. The van der Waals surface area contributed by atoms with Crippen molar-refractivity contribution in [3.8, 4) is 10.8 Å². The second-order valence-electron chi connectivity index (χ2n) is 6.23. The number of hydrogen-bond acceptors (Lipinski definition) is 7. The molecular weight excluding hydrogens is 402 g/mol. The van der Waals surface area contributed by atoms with Crippen LogP contribution < -0.4 is 5.32 Å². The minimum absolute atomic E-state index is 0.00962. The van der Waals surface area contributed by atoms with Gasteiger partial charge in [0.25, 0.3) is 5.91 Å². The SMILES string of the molecule is O=C(NCCS(=O)(=O)N1CCOCC1)c1ccc(-c2nc3ccccc3s2)o1. The molecule has 1 fully saturated rings. The third kappa shape index (κ3) is 4.09. The van der Waals surface area contributed by atoms with Gasteiger partial charge in [0.15, 0.2) is 16.5 Å². The standard InChI is InChI=1S/C18H19N3O5S2/c22-17(19-7-12-28(23,24)21-8-10-25-11-9-21)14-5-6-15(26-14)18-20-13-3-1-2-4-16(13)27-18/h1-6H,7-12H2,(H,19,22). The monoisotopic (exact) mass is 421 g/mol. The van der Waals surface area contributed by atoms with Crippen LogP contribution in [-0.4, -0.2) is 62.2 Å². The topological polar surface area (TPSA) is 102 Å². The summed E-state index contributed by atoms with van der Waals surface area (Å²) in [4.78, 5) is 16.8. The number of sulfonamides is 1. The van der Waals surface area contributed by atoms with E-state index in [1.807, 2.05) is 24.3 Å². The second kappa shape index (κ2) is 8.00. The lowest BCUT2D eigenvalue weighted by Gasteiger charge is -2.25. The van der Waals surface area contributed by atoms with Crippen LogP contribution in [-0.2, 0) is 14.8 Å². The van der Waals surface area contributed by atoms with Crippen molar-refractivity contribution in [3.63, 3.8) is 0 Å².